The van der Waals surface area contributed by atoms with Gasteiger partial charge in [0.25, 0.3) is 0 Å². The summed E-state index contributed by atoms with van der Waals surface area (Å²) in [6.45, 7) is 14.1. The van der Waals surface area contributed by atoms with Crippen LogP contribution in [0.2, 0.25) is 0 Å². The number of likely N-dealkylation sites (N-methyl/N-ethyl adjacent to an activating group) is 1. The highest BCUT2D eigenvalue weighted by atomic mass is 16.3. The summed E-state index contributed by atoms with van der Waals surface area (Å²) in [6.07, 6.45) is 0.592. The molecule has 0 aliphatic rings. The van der Waals surface area contributed by atoms with Crippen LogP contribution in [-0.2, 0) is 43.2 Å². The van der Waals surface area contributed by atoms with E-state index in [-0.39, 0.29) is 38.3 Å². The van der Waals surface area contributed by atoms with Crippen LogP contribution < -0.4 is 59.7 Å². The van der Waals surface area contributed by atoms with E-state index in [2.05, 4.69) is 47.5 Å². The van der Waals surface area contributed by atoms with E-state index in [0.29, 0.717) is 19.3 Å². The van der Waals surface area contributed by atoms with Crippen LogP contribution in [0.25, 0.3) is 0 Å². The highest BCUT2D eigenvalue weighted by Crippen LogP contribution is 2.13. The van der Waals surface area contributed by atoms with E-state index in [1.54, 1.807) is 48.5 Å². The smallest absolute Gasteiger partial charge is 0.245 e. The van der Waals surface area contributed by atoms with Crippen molar-refractivity contribution in [2.45, 2.75) is 143 Å². The summed E-state index contributed by atoms with van der Waals surface area (Å²) in [5, 5.41) is 30.6. The highest BCUT2D eigenvalue weighted by molar-refractivity contribution is 5.98. The van der Waals surface area contributed by atoms with Gasteiger partial charge in [-0.05, 0) is 50.9 Å². The predicted molar refractivity (Wildman–Crippen MR) is 223 cm³/mol. The molecule has 60 heavy (non-hydrogen) atoms. The van der Waals surface area contributed by atoms with Crippen LogP contribution in [0.15, 0.2) is 4.99 Å². The minimum atomic E-state index is -1.66. The number of aliphatic hydroxyl groups excluding tert-OH is 1. The van der Waals surface area contributed by atoms with Crippen molar-refractivity contribution in [2.75, 3.05) is 19.7 Å². The zero-order chi connectivity index (χ0) is 46.3. The maximum absolute atomic E-state index is 13.8. The topological polar surface area (TPSA) is 361 Å². The molecule has 0 bridgehead atoms. The van der Waals surface area contributed by atoms with Crippen molar-refractivity contribution in [3.8, 4) is 0 Å². The lowest BCUT2D eigenvalue weighted by molar-refractivity contribution is -0.137. The highest BCUT2D eigenvalue weighted by Gasteiger charge is 2.36. The fourth-order valence-corrected chi connectivity index (χ4v) is 5.70. The third-order valence-electron chi connectivity index (χ3n) is 9.70. The number of primary amides is 1. The molecule has 0 spiro atoms. The van der Waals surface area contributed by atoms with Crippen molar-refractivity contribution >= 4 is 59.1 Å². The molecule has 0 saturated heterocycles. The molecule has 15 N–H and O–H groups in total. The zero-order valence-electron chi connectivity index (χ0n) is 36.4. The van der Waals surface area contributed by atoms with Gasteiger partial charge in [0.05, 0.1) is 6.61 Å². The Labute approximate surface area is 352 Å². The second kappa shape index (κ2) is 28.0. The summed E-state index contributed by atoms with van der Waals surface area (Å²) in [5.41, 5.74) is 16.1. The van der Waals surface area contributed by atoms with E-state index in [9.17, 15) is 48.3 Å². The molecule has 0 aromatic rings. The number of aliphatic imine (C=N–C) groups is 1. The van der Waals surface area contributed by atoms with Crippen LogP contribution in [0.1, 0.15) is 101 Å². The number of guanidine groups is 1. The molecule has 0 rings (SSSR count). The van der Waals surface area contributed by atoms with E-state index in [4.69, 9.17) is 17.2 Å². The lowest BCUT2D eigenvalue weighted by Crippen LogP contribution is -2.62. The second-order valence-electron chi connectivity index (χ2n) is 15.1. The first-order valence-corrected chi connectivity index (χ1v) is 20.4. The quantitative estimate of drug-likeness (QED) is 0.0208. The largest absolute Gasteiger partial charge is 0.394 e. The first kappa shape index (κ1) is 54.5. The Morgan fingerprint density at radius 1 is 0.567 bits per heavy atom. The van der Waals surface area contributed by atoms with Gasteiger partial charge in [-0.2, -0.15) is 0 Å². The SMILES string of the molecule is CCNC(=O)[C@H](CCCN=C(N)N)NC(=O)[C@@H](NC(=O)[C@H](CCC(N)=O)NC(=O)[C@H](CO)NC(=O)[C@H](NC(=O)[C@@H](NC(=O)[C@H](C)NC(C)=O)C(C)C)[C@H](C)CC)[C@@H](C)CC. The monoisotopic (exact) mass is 855 g/mol. The van der Waals surface area contributed by atoms with Crippen molar-refractivity contribution in [1.29, 1.82) is 0 Å². The first-order valence-electron chi connectivity index (χ1n) is 20.4. The first-order chi connectivity index (χ1) is 28.0. The van der Waals surface area contributed by atoms with Gasteiger partial charge in [-0.1, -0.05) is 54.4 Å². The molecule has 0 saturated carbocycles. The fraction of sp³-hybridized carbons (Fsp3) is 0.737. The number of nitrogens with one attached hydrogen (secondary N) is 8. The Morgan fingerprint density at radius 2 is 1.02 bits per heavy atom. The fourth-order valence-electron chi connectivity index (χ4n) is 5.70. The van der Waals surface area contributed by atoms with E-state index in [1.165, 1.54) is 13.8 Å². The molecule has 0 aliphatic carbocycles. The third kappa shape index (κ3) is 19.9. The lowest BCUT2D eigenvalue weighted by Gasteiger charge is -2.30. The molecular weight excluding hydrogens is 784 g/mol. The van der Waals surface area contributed by atoms with Gasteiger partial charge < -0.3 is 64.8 Å². The molecule has 9 atom stereocenters. The molecular formula is C38H70N12O10. The normalized spacial score (nSPS) is 15.4. The van der Waals surface area contributed by atoms with Crippen molar-refractivity contribution in [2.24, 2.45) is 39.9 Å². The molecule has 22 heteroatoms. The van der Waals surface area contributed by atoms with Crippen LogP contribution in [0, 0.1) is 17.8 Å². The van der Waals surface area contributed by atoms with Gasteiger partial charge in [0.15, 0.2) is 5.96 Å². The maximum atomic E-state index is 13.8. The summed E-state index contributed by atoms with van der Waals surface area (Å²) in [7, 11) is 0. The van der Waals surface area contributed by atoms with Crippen molar-refractivity contribution in [1.82, 2.24) is 42.5 Å². The number of nitrogens with zero attached hydrogens (tertiary/aromatic N) is 1. The number of carbonyl (C=O) groups excluding carboxylic acids is 9. The van der Waals surface area contributed by atoms with Crippen molar-refractivity contribution < 1.29 is 48.3 Å². The average Bonchev–Trinajstić information content (AvgIpc) is 3.17. The van der Waals surface area contributed by atoms with Gasteiger partial charge >= 0.3 is 0 Å². The predicted octanol–water partition coefficient (Wildman–Crippen LogP) is -3.38. The van der Waals surface area contributed by atoms with Crippen molar-refractivity contribution in [3.63, 3.8) is 0 Å². The van der Waals surface area contributed by atoms with E-state index >= 15 is 0 Å². The standard InChI is InChI=1S/C38H70N12O10/c1-10-20(6)29(36(59)46-24(32(55)42-12-3)14-13-17-43-38(40)41)49-33(56)25(15-16-27(39)53)45-34(57)26(18-51)47-37(60)30(21(7)11-2)50-35(58)28(19(4)5)48-31(54)22(8)44-23(9)52/h19-22,24-26,28-30,51H,10-18H2,1-9H3,(H2,39,53)(H,42,55)(H,44,52)(H,45,57)(H,46,59)(H,47,60)(H,48,54)(H,49,56)(H,50,58)(H4,40,41,43)/t20-,21+,22-,24-,25-,26-,28-,29-,30+/m0/s1. The number of nitrogens with two attached hydrogens (primary N) is 3. The van der Waals surface area contributed by atoms with E-state index in [1.807, 2.05) is 0 Å². The summed E-state index contributed by atoms with van der Waals surface area (Å²) in [6, 6.07) is -8.70. The molecule has 0 unspecified atom stereocenters. The van der Waals surface area contributed by atoms with Gasteiger partial charge in [-0.3, -0.25) is 48.1 Å². The number of amides is 9. The Balaban J connectivity index is 6.29. The van der Waals surface area contributed by atoms with E-state index in [0.717, 1.165) is 0 Å². The zero-order valence-corrected chi connectivity index (χ0v) is 36.4. The van der Waals surface area contributed by atoms with Crippen molar-refractivity contribution in [3.05, 3.63) is 0 Å². The number of rotatable bonds is 28. The van der Waals surface area contributed by atoms with Crippen LogP contribution in [0.3, 0.4) is 0 Å². The Hall–Kier alpha value is -5.54. The lowest BCUT2D eigenvalue weighted by atomic mass is 9.96. The van der Waals surface area contributed by atoms with E-state index < -0.39 is 120 Å². The summed E-state index contributed by atoms with van der Waals surface area (Å²) in [4.78, 5) is 121. The number of hydrogen-bond acceptors (Lipinski definition) is 11. The van der Waals surface area contributed by atoms with Gasteiger partial charge in [-0.15, -0.1) is 0 Å². The third-order valence-corrected chi connectivity index (χ3v) is 9.70. The molecule has 0 radical (unpaired) electrons. The summed E-state index contributed by atoms with van der Waals surface area (Å²) < 4.78 is 0. The average molecular weight is 855 g/mol. The molecule has 0 fully saturated rings. The molecule has 0 aromatic carbocycles. The Bertz CT molecular complexity index is 1510. The van der Waals surface area contributed by atoms with Crippen LogP contribution >= 0.6 is 0 Å². The summed E-state index contributed by atoms with van der Waals surface area (Å²) >= 11 is 0. The van der Waals surface area contributed by atoms with Crippen LogP contribution in [0.4, 0.5) is 0 Å². The van der Waals surface area contributed by atoms with Gasteiger partial charge in [-0.25, -0.2) is 0 Å². The Morgan fingerprint density at radius 3 is 1.47 bits per heavy atom. The van der Waals surface area contributed by atoms with Gasteiger partial charge in [0.1, 0.15) is 42.3 Å². The number of carbonyl (C=O) groups is 9. The molecule has 0 heterocycles. The number of aliphatic hydroxyl groups is 1. The molecule has 0 aliphatic heterocycles. The minimum Gasteiger partial charge on any atom is -0.394 e. The van der Waals surface area contributed by atoms with Gasteiger partial charge in [0.2, 0.25) is 53.2 Å². The summed E-state index contributed by atoms with van der Waals surface area (Å²) in [5.74, 6) is -8.14. The van der Waals surface area contributed by atoms with Gasteiger partial charge in [0, 0.05) is 26.4 Å². The molecule has 0 aromatic heterocycles. The minimum absolute atomic E-state index is 0.131. The molecule has 22 nitrogen and oxygen atoms in total. The molecule has 342 valence electrons. The second-order valence-corrected chi connectivity index (χ2v) is 15.1. The maximum Gasteiger partial charge on any atom is 0.245 e. The number of hydrogen-bond donors (Lipinski definition) is 12. The van der Waals surface area contributed by atoms with Crippen LogP contribution in [-0.4, -0.2) is 126 Å². The van der Waals surface area contributed by atoms with Crippen LogP contribution in [0.5, 0.6) is 0 Å². The Kier molecular flexibility index (Phi) is 25.4. The molecule has 9 amide bonds.